The maximum Gasteiger partial charge on any atom is 0.230 e. The van der Waals surface area contributed by atoms with E-state index in [0.717, 1.165) is 68.0 Å². The van der Waals surface area contributed by atoms with Crippen molar-refractivity contribution in [2.45, 2.75) is 39.5 Å². The van der Waals surface area contributed by atoms with E-state index in [1.54, 1.807) is 49.3 Å². The minimum Gasteiger partial charge on any atom is -0.383 e. The fourth-order valence-corrected chi connectivity index (χ4v) is 6.38. The number of nitrogens with two attached hydrogens (primary N) is 2. The molecule has 0 radical (unpaired) electrons. The van der Waals surface area contributed by atoms with Crippen LogP contribution in [0.25, 0.3) is 44.1 Å². The number of carbonyl (C=O) groups excluding carboxylic acids is 2. The third-order valence-electron chi connectivity index (χ3n) is 9.72. The highest BCUT2D eigenvalue weighted by Crippen LogP contribution is 2.39. The third kappa shape index (κ3) is 7.31. The number of nitrogens with zero attached hydrogens (tertiary/aromatic N) is 8. The van der Waals surface area contributed by atoms with Crippen molar-refractivity contribution in [2.24, 2.45) is 23.7 Å². The second-order valence-electron chi connectivity index (χ2n) is 13.3. The van der Waals surface area contributed by atoms with Crippen LogP contribution in [0.4, 0.5) is 23.3 Å². The molecule has 2 saturated carbocycles. The molecule has 6 aromatic rings. The number of hydrogen-bond acceptors (Lipinski definition) is 12. The zero-order valence-corrected chi connectivity index (χ0v) is 29.6. The van der Waals surface area contributed by atoms with E-state index in [1.165, 1.54) is 0 Å². The standard InChI is InChI=1S/2C20H18N6O/c2*1-2-11-3-4-23-9-15(11)17-6-12-7-18(24-10-16(12)19(22)25-17)26-20(27)14-5-13(14)8-21/h2*3-4,6-7,9-10,13-14H,2,5H2,1H3,(H2,22,25)(H,24,26,27)/t2*13-,14+/m10/s1. The van der Waals surface area contributed by atoms with Crippen LogP contribution in [0.2, 0.25) is 0 Å². The van der Waals surface area contributed by atoms with Gasteiger partial charge in [0.15, 0.2) is 0 Å². The number of pyridine rings is 6. The van der Waals surface area contributed by atoms with Crippen LogP contribution in [-0.2, 0) is 22.4 Å². The van der Waals surface area contributed by atoms with Crippen molar-refractivity contribution in [3.63, 3.8) is 0 Å². The van der Waals surface area contributed by atoms with E-state index in [2.05, 4.69) is 66.5 Å². The molecular weight excluding hydrogens is 681 g/mol. The molecule has 2 aliphatic carbocycles. The highest BCUT2D eigenvalue weighted by molar-refractivity contribution is 6.00. The first-order chi connectivity index (χ1) is 26.2. The van der Waals surface area contributed by atoms with Crippen LogP contribution in [0, 0.1) is 46.3 Å². The molecule has 2 amide bonds. The Hall–Kier alpha value is -7.06. The fourth-order valence-electron chi connectivity index (χ4n) is 6.38. The van der Waals surface area contributed by atoms with Crippen molar-refractivity contribution >= 4 is 56.6 Å². The smallest absolute Gasteiger partial charge is 0.230 e. The number of nitrogens with one attached hydrogen (secondary N) is 2. The van der Waals surface area contributed by atoms with E-state index < -0.39 is 0 Å². The molecule has 14 heteroatoms. The van der Waals surface area contributed by atoms with Gasteiger partial charge in [-0.25, -0.2) is 19.9 Å². The molecule has 8 rings (SSSR count). The summed E-state index contributed by atoms with van der Waals surface area (Å²) >= 11 is 0. The molecule has 0 bridgehead atoms. The summed E-state index contributed by atoms with van der Waals surface area (Å²) in [5, 5.41) is 26.4. The molecular formula is C40H36N12O2. The van der Waals surface area contributed by atoms with E-state index >= 15 is 0 Å². The van der Waals surface area contributed by atoms with Crippen LogP contribution in [0.3, 0.4) is 0 Å². The average Bonchev–Trinajstić information content (AvgIpc) is 4.13. The first kappa shape index (κ1) is 35.3. The number of amides is 2. The van der Waals surface area contributed by atoms with Gasteiger partial charge in [0.2, 0.25) is 11.8 Å². The summed E-state index contributed by atoms with van der Waals surface area (Å²) in [6.07, 6.45) is 13.2. The van der Waals surface area contributed by atoms with E-state index in [9.17, 15) is 9.59 Å². The minimum atomic E-state index is -0.243. The number of carbonyl (C=O) groups is 2. The minimum absolute atomic E-state index is 0.170. The largest absolute Gasteiger partial charge is 0.383 e. The number of aromatic nitrogens is 6. The maximum absolute atomic E-state index is 12.2. The lowest BCUT2D eigenvalue weighted by molar-refractivity contribution is -0.118. The molecule has 0 aromatic carbocycles. The lowest BCUT2D eigenvalue weighted by Gasteiger charge is -2.10. The summed E-state index contributed by atoms with van der Waals surface area (Å²) in [4.78, 5) is 50.3. The van der Waals surface area contributed by atoms with Crippen molar-refractivity contribution in [3.8, 4) is 34.7 Å². The summed E-state index contributed by atoms with van der Waals surface area (Å²) in [7, 11) is 0. The molecule has 0 saturated heterocycles. The summed E-state index contributed by atoms with van der Waals surface area (Å²) < 4.78 is 0. The Balaban J connectivity index is 0.000000167. The Bertz CT molecular complexity index is 2350. The molecule has 2 aliphatic rings. The number of aryl methyl sites for hydroxylation is 2. The molecule has 6 N–H and O–H groups in total. The zero-order chi connectivity index (χ0) is 37.9. The molecule has 0 spiro atoms. The van der Waals surface area contributed by atoms with E-state index in [4.69, 9.17) is 22.0 Å². The number of rotatable bonds is 8. The fraction of sp³-hybridized carbons (Fsp3) is 0.250. The number of fused-ring (bicyclic) bond motifs is 2. The van der Waals surface area contributed by atoms with Gasteiger partial charge in [-0.05, 0) is 84.0 Å². The van der Waals surface area contributed by atoms with Crippen molar-refractivity contribution < 1.29 is 9.59 Å². The van der Waals surface area contributed by atoms with Gasteiger partial charge in [0.1, 0.15) is 23.3 Å². The Kier molecular flexibility index (Phi) is 9.75. The quantitative estimate of drug-likeness (QED) is 0.145. The summed E-state index contributed by atoms with van der Waals surface area (Å²) in [6.45, 7) is 4.15. The van der Waals surface area contributed by atoms with Crippen molar-refractivity contribution in [1.82, 2.24) is 29.9 Å². The van der Waals surface area contributed by atoms with E-state index in [0.29, 0.717) is 36.1 Å². The average molecular weight is 717 g/mol. The van der Waals surface area contributed by atoms with Gasteiger partial charge in [-0.2, -0.15) is 10.5 Å². The van der Waals surface area contributed by atoms with Gasteiger partial charge in [-0.1, -0.05) is 13.8 Å². The SMILES string of the molecule is CCc1ccncc1-c1cc2cc(NC(=O)[C@@H]3C[C@H]3C#N)ncc2c(N)n1.CCc1ccncc1-c1cc2cc(NC(=O)[C@H]3C[C@@H]3C#N)ncc2c(N)n1. The van der Waals surface area contributed by atoms with Crippen LogP contribution >= 0.6 is 0 Å². The van der Waals surface area contributed by atoms with E-state index in [-0.39, 0.29) is 35.5 Å². The summed E-state index contributed by atoms with van der Waals surface area (Å²) in [5.74, 6) is 0.443. The molecule has 268 valence electrons. The predicted octanol–water partition coefficient (Wildman–Crippen LogP) is 5.87. The van der Waals surface area contributed by atoms with Crippen LogP contribution in [0.15, 0.2) is 73.6 Å². The molecule has 4 atom stereocenters. The van der Waals surface area contributed by atoms with Gasteiger partial charge in [-0.15, -0.1) is 0 Å². The first-order valence-corrected chi connectivity index (χ1v) is 17.6. The highest BCUT2D eigenvalue weighted by Gasteiger charge is 2.44. The van der Waals surface area contributed by atoms with Gasteiger partial charge in [0, 0.05) is 59.1 Å². The van der Waals surface area contributed by atoms with Gasteiger partial charge in [-0.3, -0.25) is 19.6 Å². The molecule has 0 unspecified atom stereocenters. The predicted molar refractivity (Wildman–Crippen MR) is 205 cm³/mol. The highest BCUT2D eigenvalue weighted by atomic mass is 16.2. The monoisotopic (exact) mass is 716 g/mol. The van der Waals surface area contributed by atoms with Gasteiger partial charge in [0.05, 0.1) is 47.2 Å². The Labute approximate surface area is 310 Å². The number of nitrogen functional groups attached to an aromatic ring is 2. The Morgan fingerprint density at radius 3 is 1.50 bits per heavy atom. The molecule has 2 fully saturated rings. The number of nitriles is 2. The van der Waals surface area contributed by atoms with E-state index in [1.807, 2.05) is 24.3 Å². The van der Waals surface area contributed by atoms with Crippen molar-refractivity contribution in [2.75, 3.05) is 22.1 Å². The first-order valence-electron chi connectivity index (χ1n) is 17.6. The van der Waals surface area contributed by atoms with Gasteiger partial charge >= 0.3 is 0 Å². The molecule has 54 heavy (non-hydrogen) atoms. The number of anilines is 4. The van der Waals surface area contributed by atoms with Gasteiger partial charge in [0.25, 0.3) is 0 Å². The second-order valence-corrected chi connectivity index (χ2v) is 13.3. The lowest BCUT2D eigenvalue weighted by atomic mass is 10.0. The normalized spacial score (nSPS) is 18.1. The topological polar surface area (TPSA) is 235 Å². The Morgan fingerprint density at radius 2 is 1.13 bits per heavy atom. The molecule has 6 heterocycles. The summed E-state index contributed by atoms with van der Waals surface area (Å²) in [5.41, 5.74) is 17.9. The molecule has 6 aromatic heterocycles. The summed E-state index contributed by atoms with van der Waals surface area (Å²) in [6, 6.07) is 15.6. The Morgan fingerprint density at radius 1 is 0.704 bits per heavy atom. The van der Waals surface area contributed by atoms with Crippen LogP contribution in [0.5, 0.6) is 0 Å². The molecule has 14 nitrogen and oxygen atoms in total. The molecule has 0 aliphatic heterocycles. The lowest BCUT2D eigenvalue weighted by Crippen LogP contribution is -2.15. The van der Waals surface area contributed by atoms with Crippen LogP contribution in [0.1, 0.15) is 37.8 Å². The third-order valence-corrected chi connectivity index (χ3v) is 9.72. The number of hydrogen-bond donors (Lipinski definition) is 4. The van der Waals surface area contributed by atoms with Crippen LogP contribution in [-0.4, -0.2) is 41.7 Å². The van der Waals surface area contributed by atoms with Crippen molar-refractivity contribution in [3.05, 3.63) is 84.7 Å². The van der Waals surface area contributed by atoms with Crippen LogP contribution < -0.4 is 22.1 Å². The maximum atomic E-state index is 12.2. The van der Waals surface area contributed by atoms with Crippen molar-refractivity contribution in [1.29, 1.82) is 10.5 Å². The zero-order valence-electron chi connectivity index (χ0n) is 29.6. The second kappa shape index (κ2) is 14.9. The van der Waals surface area contributed by atoms with Gasteiger partial charge < -0.3 is 22.1 Å².